The molecule has 0 aromatic heterocycles. The third kappa shape index (κ3) is 3.99. The lowest BCUT2D eigenvalue weighted by atomic mass is 9.95. The minimum Gasteiger partial charge on any atom is -0.367 e. The summed E-state index contributed by atoms with van der Waals surface area (Å²) < 4.78 is 33.0. The number of halogens is 2. The third-order valence-corrected chi connectivity index (χ3v) is 3.65. The lowest BCUT2D eigenvalue weighted by Crippen LogP contribution is -2.58. The lowest BCUT2D eigenvalue weighted by molar-refractivity contribution is -0.187. The Kier molecular flexibility index (Phi) is 4.38. The Bertz CT molecular complexity index is 481. The molecule has 0 amide bonds. The molecule has 118 valence electrons. The maximum Gasteiger partial charge on any atom is 0.126 e. The fraction of sp³-hybridized carbons (Fsp3) is 0.625. The summed E-state index contributed by atoms with van der Waals surface area (Å²) in [5.41, 5.74) is 5.79. The highest BCUT2D eigenvalue weighted by atomic mass is 19.1. The van der Waals surface area contributed by atoms with Gasteiger partial charge in [-0.15, -0.1) is 0 Å². The van der Waals surface area contributed by atoms with E-state index >= 15 is 0 Å². The number of nitrogens with zero attached hydrogens (tertiary/aromatic N) is 1. The van der Waals surface area contributed by atoms with Gasteiger partial charge in [0.2, 0.25) is 0 Å². The van der Waals surface area contributed by atoms with Gasteiger partial charge in [0.15, 0.2) is 0 Å². The Morgan fingerprint density at radius 2 is 1.57 bits per heavy atom. The van der Waals surface area contributed by atoms with E-state index in [1.165, 1.54) is 12.1 Å². The summed E-state index contributed by atoms with van der Waals surface area (Å²) in [6.07, 6.45) is 0. The topological polar surface area (TPSA) is 38.5 Å². The normalized spacial score (nSPS) is 23.0. The van der Waals surface area contributed by atoms with Crippen molar-refractivity contribution in [1.82, 2.24) is 4.90 Å². The van der Waals surface area contributed by atoms with E-state index in [9.17, 15) is 8.78 Å². The van der Waals surface area contributed by atoms with E-state index in [1.807, 2.05) is 27.7 Å². The lowest BCUT2D eigenvalue weighted by Gasteiger charge is -2.49. The standard InChI is InChI=1S/C16H24F2N2O/c1-15(2)9-20(10-16(3,4)21-15)14(8-19)11-5-12(17)7-13(18)6-11/h5-7,14H,8-10,19H2,1-4H3. The maximum atomic E-state index is 13.5. The predicted octanol–water partition coefficient (Wildman–Crippen LogP) is 2.85. The van der Waals surface area contributed by atoms with Crippen LogP contribution in [0.25, 0.3) is 0 Å². The highest BCUT2D eigenvalue weighted by Crippen LogP contribution is 2.33. The molecule has 2 N–H and O–H groups in total. The molecule has 5 heteroatoms. The van der Waals surface area contributed by atoms with Gasteiger partial charge in [-0.25, -0.2) is 8.78 Å². The molecule has 0 radical (unpaired) electrons. The molecular weight excluding hydrogens is 274 g/mol. The zero-order chi connectivity index (χ0) is 15.8. The van der Waals surface area contributed by atoms with Crippen molar-refractivity contribution in [2.45, 2.75) is 44.9 Å². The second-order valence-electron chi connectivity index (χ2n) is 6.98. The van der Waals surface area contributed by atoms with E-state index in [2.05, 4.69) is 4.90 Å². The van der Waals surface area contributed by atoms with Gasteiger partial charge in [0.1, 0.15) is 11.6 Å². The first-order chi connectivity index (χ1) is 9.62. The molecule has 1 unspecified atom stereocenters. The summed E-state index contributed by atoms with van der Waals surface area (Å²) in [6, 6.07) is 3.37. The molecule has 0 spiro atoms. The minimum absolute atomic E-state index is 0.224. The van der Waals surface area contributed by atoms with Gasteiger partial charge < -0.3 is 10.5 Å². The van der Waals surface area contributed by atoms with Crippen LogP contribution in [0.2, 0.25) is 0 Å². The van der Waals surface area contributed by atoms with Crippen LogP contribution in [-0.2, 0) is 4.74 Å². The van der Waals surface area contributed by atoms with Gasteiger partial charge >= 0.3 is 0 Å². The van der Waals surface area contributed by atoms with Crippen LogP contribution in [0.1, 0.15) is 39.3 Å². The summed E-state index contributed by atoms with van der Waals surface area (Å²) in [5.74, 6) is -1.15. The monoisotopic (exact) mass is 298 g/mol. The molecule has 1 fully saturated rings. The van der Waals surface area contributed by atoms with Crippen LogP contribution in [0.4, 0.5) is 8.78 Å². The molecule has 0 bridgehead atoms. The van der Waals surface area contributed by atoms with Gasteiger partial charge in [0, 0.05) is 31.7 Å². The van der Waals surface area contributed by atoms with Crippen LogP contribution in [0.15, 0.2) is 18.2 Å². The van der Waals surface area contributed by atoms with E-state index in [1.54, 1.807) is 0 Å². The first-order valence-corrected chi connectivity index (χ1v) is 7.22. The van der Waals surface area contributed by atoms with Crippen LogP contribution in [0.3, 0.4) is 0 Å². The molecule has 1 atom stereocenters. The van der Waals surface area contributed by atoms with E-state index in [-0.39, 0.29) is 17.2 Å². The van der Waals surface area contributed by atoms with E-state index in [0.717, 1.165) is 6.07 Å². The largest absolute Gasteiger partial charge is 0.367 e. The Labute approximate surface area is 125 Å². The van der Waals surface area contributed by atoms with Crippen LogP contribution in [-0.4, -0.2) is 35.7 Å². The molecule has 3 nitrogen and oxygen atoms in total. The number of morpholine rings is 1. The van der Waals surface area contributed by atoms with Crippen molar-refractivity contribution in [3.05, 3.63) is 35.4 Å². The average molecular weight is 298 g/mol. The van der Waals surface area contributed by atoms with Crippen LogP contribution < -0.4 is 5.73 Å². The molecule has 0 aliphatic carbocycles. The first kappa shape index (κ1) is 16.3. The summed E-state index contributed by atoms with van der Waals surface area (Å²) in [7, 11) is 0. The van der Waals surface area contributed by atoms with E-state index in [4.69, 9.17) is 10.5 Å². The fourth-order valence-corrected chi connectivity index (χ4v) is 3.33. The number of ether oxygens (including phenoxy) is 1. The van der Waals surface area contributed by atoms with Gasteiger partial charge in [-0.1, -0.05) is 0 Å². The summed E-state index contributed by atoms with van der Waals surface area (Å²) in [5, 5.41) is 0. The number of hydrogen-bond donors (Lipinski definition) is 1. The number of hydrogen-bond acceptors (Lipinski definition) is 3. The Morgan fingerprint density at radius 1 is 1.10 bits per heavy atom. The van der Waals surface area contributed by atoms with Crippen molar-refractivity contribution >= 4 is 0 Å². The maximum absolute atomic E-state index is 13.5. The van der Waals surface area contributed by atoms with Crippen LogP contribution in [0, 0.1) is 11.6 Å². The minimum atomic E-state index is -0.574. The van der Waals surface area contributed by atoms with E-state index < -0.39 is 11.6 Å². The van der Waals surface area contributed by atoms with Crippen molar-refractivity contribution in [2.24, 2.45) is 5.73 Å². The highest BCUT2D eigenvalue weighted by molar-refractivity contribution is 5.22. The van der Waals surface area contributed by atoms with Gasteiger partial charge in [-0.05, 0) is 45.4 Å². The molecule has 1 aliphatic rings. The predicted molar refractivity (Wildman–Crippen MR) is 79.0 cm³/mol. The van der Waals surface area contributed by atoms with Gasteiger partial charge in [-0.2, -0.15) is 0 Å². The molecule has 21 heavy (non-hydrogen) atoms. The zero-order valence-corrected chi connectivity index (χ0v) is 13.1. The number of rotatable bonds is 3. The SMILES string of the molecule is CC1(C)CN(C(CN)c2cc(F)cc(F)c2)CC(C)(C)O1. The van der Waals surface area contributed by atoms with Crippen molar-refractivity contribution in [1.29, 1.82) is 0 Å². The zero-order valence-electron chi connectivity index (χ0n) is 13.1. The smallest absolute Gasteiger partial charge is 0.126 e. The Morgan fingerprint density at radius 3 is 2.00 bits per heavy atom. The van der Waals surface area contributed by atoms with Crippen molar-refractivity contribution < 1.29 is 13.5 Å². The molecule has 0 saturated carbocycles. The Hall–Kier alpha value is -1.04. The van der Waals surface area contributed by atoms with Crippen molar-refractivity contribution in [3.63, 3.8) is 0 Å². The average Bonchev–Trinajstić information content (AvgIpc) is 2.23. The number of nitrogens with two attached hydrogens (primary N) is 1. The second-order valence-corrected chi connectivity index (χ2v) is 6.98. The Balaban J connectivity index is 2.32. The summed E-state index contributed by atoms with van der Waals surface area (Å²) >= 11 is 0. The van der Waals surface area contributed by atoms with Gasteiger partial charge in [0.25, 0.3) is 0 Å². The first-order valence-electron chi connectivity index (χ1n) is 7.22. The molecule has 1 heterocycles. The fourth-order valence-electron chi connectivity index (χ4n) is 3.33. The van der Waals surface area contributed by atoms with Crippen LogP contribution in [0.5, 0.6) is 0 Å². The highest BCUT2D eigenvalue weighted by Gasteiger charge is 2.40. The third-order valence-electron chi connectivity index (χ3n) is 3.65. The second kappa shape index (κ2) is 5.63. The summed E-state index contributed by atoms with van der Waals surface area (Å²) in [6.45, 7) is 9.69. The van der Waals surface area contributed by atoms with Crippen molar-refractivity contribution in [3.8, 4) is 0 Å². The van der Waals surface area contributed by atoms with E-state index in [0.29, 0.717) is 25.2 Å². The molecule has 1 aliphatic heterocycles. The van der Waals surface area contributed by atoms with Gasteiger partial charge in [0.05, 0.1) is 11.2 Å². The molecule has 2 rings (SSSR count). The molecule has 1 aromatic rings. The summed E-state index contributed by atoms with van der Waals surface area (Å²) in [4.78, 5) is 2.15. The number of benzene rings is 1. The quantitative estimate of drug-likeness (QED) is 0.932. The van der Waals surface area contributed by atoms with Gasteiger partial charge in [-0.3, -0.25) is 4.90 Å². The van der Waals surface area contributed by atoms with Crippen molar-refractivity contribution in [2.75, 3.05) is 19.6 Å². The van der Waals surface area contributed by atoms with Crippen LogP contribution >= 0.6 is 0 Å². The molecule has 1 saturated heterocycles. The molecule has 1 aromatic carbocycles. The molecular formula is C16H24F2N2O.